The van der Waals surface area contributed by atoms with Crippen molar-refractivity contribution in [1.29, 1.82) is 0 Å². The van der Waals surface area contributed by atoms with Gasteiger partial charge in [0.15, 0.2) is 0 Å². The van der Waals surface area contributed by atoms with E-state index < -0.39 is 0 Å². The predicted octanol–water partition coefficient (Wildman–Crippen LogP) is 14.4. The molecule has 0 aliphatic carbocycles. The van der Waals surface area contributed by atoms with E-state index in [0.29, 0.717) is 0 Å². The van der Waals surface area contributed by atoms with Gasteiger partial charge in [0.25, 0.3) is 0 Å². The van der Waals surface area contributed by atoms with Crippen LogP contribution in [-0.2, 0) is 0 Å². The van der Waals surface area contributed by atoms with Crippen LogP contribution in [-0.4, -0.2) is 0 Å². The van der Waals surface area contributed by atoms with E-state index in [0.717, 1.165) is 55.7 Å². The van der Waals surface area contributed by atoms with Crippen molar-refractivity contribution in [2.45, 2.75) is 0 Å². The third kappa shape index (κ3) is 4.96. The Morgan fingerprint density at radius 3 is 1.71 bits per heavy atom. The van der Waals surface area contributed by atoms with E-state index in [1.54, 1.807) is 0 Å². The molecular formula is C50H33NO. The summed E-state index contributed by atoms with van der Waals surface area (Å²) in [7, 11) is 0. The first-order chi connectivity index (χ1) is 25.8. The van der Waals surface area contributed by atoms with E-state index in [2.05, 4.69) is 199 Å². The number of hydrogen-bond donors (Lipinski definition) is 0. The van der Waals surface area contributed by atoms with Crippen molar-refractivity contribution in [3.8, 4) is 33.4 Å². The quantitative estimate of drug-likeness (QED) is 0.176. The topological polar surface area (TPSA) is 16.4 Å². The van der Waals surface area contributed by atoms with Crippen LogP contribution in [0.5, 0.6) is 0 Å². The molecule has 0 aliphatic rings. The number of furan rings is 1. The summed E-state index contributed by atoms with van der Waals surface area (Å²) in [6.45, 7) is 0. The summed E-state index contributed by atoms with van der Waals surface area (Å²) in [5, 5.41) is 7.09. The van der Waals surface area contributed by atoms with Crippen LogP contribution in [0.25, 0.3) is 76.9 Å². The highest BCUT2D eigenvalue weighted by Gasteiger charge is 2.23. The van der Waals surface area contributed by atoms with Crippen LogP contribution in [0.4, 0.5) is 17.1 Å². The van der Waals surface area contributed by atoms with Crippen molar-refractivity contribution in [2.24, 2.45) is 0 Å². The zero-order valence-electron chi connectivity index (χ0n) is 28.4. The first-order valence-electron chi connectivity index (χ1n) is 17.8. The molecule has 0 amide bonds. The van der Waals surface area contributed by atoms with Gasteiger partial charge in [0.2, 0.25) is 0 Å². The number of benzene rings is 9. The van der Waals surface area contributed by atoms with Gasteiger partial charge in [-0.1, -0.05) is 170 Å². The first-order valence-corrected chi connectivity index (χ1v) is 17.8. The molecular weight excluding hydrogens is 631 g/mol. The van der Waals surface area contributed by atoms with Crippen LogP contribution in [0.3, 0.4) is 0 Å². The van der Waals surface area contributed by atoms with Crippen molar-refractivity contribution in [2.75, 3.05) is 4.90 Å². The maximum absolute atomic E-state index is 6.62. The summed E-state index contributed by atoms with van der Waals surface area (Å²) in [6.07, 6.45) is 0. The van der Waals surface area contributed by atoms with Gasteiger partial charge in [0.05, 0.1) is 11.4 Å². The highest BCUT2D eigenvalue weighted by atomic mass is 16.3. The molecule has 9 aromatic carbocycles. The largest absolute Gasteiger partial charge is 0.455 e. The highest BCUT2D eigenvalue weighted by Crippen LogP contribution is 2.48. The van der Waals surface area contributed by atoms with E-state index >= 15 is 0 Å². The Hall–Kier alpha value is -6.90. The van der Waals surface area contributed by atoms with E-state index in [-0.39, 0.29) is 0 Å². The van der Waals surface area contributed by atoms with Crippen molar-refractivity contribution in [1.82, 2.24) is 0 Å². The fraction of sp³-hybridized carbons (Fsp3) is 0. The Morgan fingerprint density at radius 1 is 0.346 bits per heavy atom. The molecule has 10 rings (SSSR count). The molecule has 0 saturated carbocycles. The van der Waals surface area contributed by atoms with Gasteiger partial charge in [-0.25, -0.2) is 0 Å². The number of rotatable bonds is 6. The van der Waals surface area contributed by atoms with Crippen LogP contribution in [0.2, 0.25) is 0 Å². The van der Waals surface area contributed by atoms with Gasteiger partial charge in [0.1, 0.15) is 11.2 Å². The smallest absolute Gasteiger partial charge is 0.143 e. The van der Waals surface area contributed by atoms with Crippen molar-refractivity contribution in [3.63, 3.8) is 0 Å². The minimum absolute atomic E-state index is 0.893. The molecule has 0 fully saturated rings. The molecule has 0 radical (unpaired) electrons. The molecule has 2 nitrogen and oxygen atoms in total. The first kappa shape index (κ1) is 30.0. The summed E-state index contributed by atoms with van der Waals surface area (Å²) < 4.78 is 6.62. The molecule has 1 heterocycles. The van der Waals surface area contributed by atoms with Crippen LogP contribution < -0.4 is 4.90 Å². The highest BCUT2D eigenvalue weighted by molar-refractivity contribution is 6.12. The molecule has 0 N–H and O–H groups in total. The molecule has 1 aromatic heterocycles. The lowest BCUT2D eigenvalue weighted by Crippen LogP contribution is -2.12. The van der Waals surface area contributed by atoms with E-state index in [9.17, 15) is 0 Å². The molecule has 10 aromatic rings. The molecule has 0 aliphatic heterocycles. The summed E-state index contributed by atoms with van der Waals surface area (Å²) >= 11 is 0. The van der Waals surface area contributed by atoms with Crippen molar-refractivity contribution in [3.05, 3.63) is 200 Å². The van der Waals surface area contributed by atoms with Crippen LogP contribution >= 0.6 is 0 Å². The van der Waals surface area contributed by atoms with Crippen LogP contribution in [0.1, 0.15) is 0 Å². The normalized spacial score (nSPS) is 11.5. The zero-order valence-corrected chi connectivity index (χ0v) is 28.4. The molecule has 0 spiro atoms. The molecule has 0 bridgehead atoms. The zero-order chi connectivity index (χ0) is 34.4. The second kappa shape index (κ2) is 12.5. The summed E-state index contributed by atoms with van der Waals surface area (Å²) in [5.41, 5.74) is 12.0. The average Bonchev–Trinajstić information content (AvgIpc) is 3.60. The lowest BCUT2D eigenvalue weighted by Gasteiger charge is -2.30. The van der Waals surface area contributed by atoms with E-state index in [4.69, 9.17) is 4.42 Å². The number of hydrogen-bond acceptors (Lipinski definition) is 2. The monoisotopic (exact) mass is 663 g/mol. The Morgan fingerprint density at radius 2 is 0.904 bits per heavy atom. The van der Waals surface area contributed by atoms with Crippen LogP contribution in [0, 0.1) is 0 Å². The third-order valence-electron chi connectivity index (χ3n) is 10.3. The van der Waals surface area contributed by atoms with E-state index in [1.165, 1.54) is 38.2 Å². The second-order valence-electron chi connectivity index (χ2n) is 13.3. The van der Waals surface area contributed by atoms with Gasteiger partial charge >= 0.3 is 0 Å². The lowest BCUT2D eigenvalue weighted by atomic mass is 9.90. The van der Waals surface area contributed by atoms with E-state index in [1.807, 2.05) is 6.07 Å². The molecule has 0 atom stereocenters. The SMILES string of the molecule is c1ccc(-c2cccc3cccc(-c4ccccc4N(c4ccc5ccccc5c4)c4ccccc4-c4cccc5c4oc4ccccc45)c23)cc1. The maximum atomic E-state index is 6.62. The lowest BCUT2D eigenvalue weighted by molar-refractivity contribution is 0.670. The number of para-hydroxylation sites is 4. The van der Waals surface area contributed by atoms with Gasteiger partial charge in [-0.3, -0.25) is 0 Å². The van der Waals surface area contributed by atoms with Gasteiger partial charge in [-0.05, 0) is 68.6 Å². The van der Waals surface area contributed by atoms with Gasteiger partial charge in [-0.15, -0.1) is 0 Å². The molecule has 244 valence electrons. The molecule has 2 heteroatoms. The Bertz CT molecular complexity index is 2910. The van der Waals surface area contributed by atoms with Crippen molar-refractivity contribution < 1.29 is 4.42 Å². The predicted molar refractivity (Wildman–Crippen MR) is 220 cm³/mol. The molecule has 0 unspecified atom stereocenters. The maximum Gasteiger partial charge on any atom is 0.143 e. The minimum atomic E-state index is 0.893. The Labute approximate surface area is 302 Å². The third-order valence-corrected chi connectivity index (χ3v) is 10.3. The number of anilines is 3. The van der Waals surface area contributed by atoms with Crippen LogP contribution in [0.15, 0.2) is 205 Å². The van der Waals surface area contributed by atoms with Gasteiger partial charge < -0.3 is 9.32 Å². The fourth-order valence-electron chi connectivity index (χ4n) is 7.90. The number of fused-ring (bicyclic) bond motifs is 5. The minimum Gasteiger partial charge on any atom is -0.455 e. The Balaban J connectivity index is 1.26. The van der Waals surface area contributed by atoms with Gasteiger partial charge in [-0.2, -0.15) is 0 Å². The Kier molecular flexibility index (Phi) is 7.18. The molecule has 0 saturated heterocycles. The summed E-state index contributed by atoms with van der Waals surface area (Å²) in [5.74, 6) is 0. The standard InChI is InChI=1S/C50H33NO/c1-2-16-35(17-3-1)39-24-12-19-36-20-13-25-43(49(36)39)40-21-6-9-28-46(40)51(38-32-31-34-15-4-5-18-37(34)33-38)47-29-10-7-22-41(47)44-26-14-27-45-42-23-8-11-30-48(42)52-50(44)45/h1-33H. The van der Waals surface area contributed by atoms with Crippen molar-refractivity contribution >= 4 is 60.5 Å². The summed E-state index contributed by atoms with van der Waals surface area (Å²) in [6, 6.07) is 71.7. The fourth-order valence-corrected chi connectivity index (χ4v) is 7.90. The number of nitrogens with zero attached hydrogens (tertiary/aromatic N) is 1. The summed E-state index contributed by atoms with van der Waals surface area (Å²) in [4.78, 5) is 2.43. The second-order valence-corrected chi connectivity index (χ2v) is 13.3. The van der Waals surface area contributed by atoms with Gasteiger partial charge in [0, 0.05) is 33.2 Å². The molecule has 52 heavy (non-hydrogen) atoms. The average molecular weight is 664 g/mol.